The highest BCUT2D eigenvalue weighted by atomic mass is 16.3. The van der Waals surface area contributed by atoms with E-state index in [0.29, 0.717) is 12.5 Å². The van der Waals surface area contributed by atoms with Crippen LogP contribution < -0.4 is 0 Å². The summed E-state index contributed by atoms with van der Waals surface area (Å²) in [5, 5.41) is 18.1. The number of rotatable bonds is 5. The lowest BCUT2D eigenvalue weighted by molar-refractivity contribution is 0.262. The fraction of sp³-hybridized carbons (Fsp3) is 0.867. The van der Waals surface area contributed by atoms with Crippen LogP contribution in [0.1, 0.15) is 50.4 Å². The molecule has 4 nitrogen and oxygen atoms in total. The van der Waals surface area contributed by atoms with Gasteiger partial charge in [-0.1, -0.05) is 25.0 Å². The molecular weight excluding hydrogens is 238 g/mol. The predicted octanol–water partition coefficient (Wildman–Crippen LogP) is 2.20. The van der Waals surface area contributed by atoms with Crippen LogP contribution in [0, 0.1) is 17.8 Å². The van der Waals surface area contributed by atoms with Gasteiger partial charge in [0, 0.05) is 13.2 Å². The van der Waals surface area contributed by atoms with E-state index in [1.165, 1.54) is 43.5 Å². The van der Waals surface area contributed by atoms with Crippen LogP contribution in [-0.4, -0.2) is 26.7 Å². The predicted molar refractivity (Wildman–Crippen MR) is 73.7 cm³/mol. The number of nitrogens with zero attached hydrogens (tertiary/aromatic N) is 3. The Hall–Kier alpha value is -0.900. The maximum Gasteiger partial charge on any atom is 0.0859 e. The van der Waals surface area contributed by atoms with Crippen molar-refractivity contribution in [1.29, 1.82) is 0 Å². The molecule has 0 aliphatic heterocycles. The van der Waals surface area contributed by atoms with Gasteiger partial charge in [-0.15, -0.1) is 5.10 Å². The van der Waals surface area contributed by atoms with Crippen molar-refractivity contribution in [3.8, 4) is 0 Å². The van der Waals surface area contributed by atoms with E-state index in [-0.39, 0.29) is 0 Å². The normalized spacial score (nSPS) is 29.3. The molecule has 0 amide bonds. The van der Waals surface area contributed by atoms with Crippen molar-refractivity contribution in [1.82, 2.24) is 15.0 Å². The lowest BCUT2D eigenvalue weighted by Crippen LogP contribution is -2.09. The number of aliphatic hydroxyl groups excluding tert-OH is 1. The molecule has 1 saturated carbocycles. The molecule has 4 heteroatoms. The van der Waals surface area contributed by atoms with Crippen LogP contribution in [0.5, 0.6) is 0 Å². The number of aromatic nitrogens is 3. The standard InChI is InChI=1S/C15H25N3O/c1-2-3-4-9-18-15-8-6-12-11(13(12)10-19)5-7-14(15)16-17-18/h11-13,19H,2-10H2,1H3/t11-,12+,13?/m1/s1. The van der Waals surface area contributed by atoms with Gasteiger partial charge < -0.3 is 5.11 Å². The molecule has 0 saturated heterocycles. The summed E-state index contributed by atoms with van der Waals surface area (Å²) < 4.78 is 2.14. The summed E-state index contributed by atoms with van der Waals surface area (Å²) in [6, 6.07) is 0. The van der Waals surface area contributed by atoms with E-state index < -0.39 is 0 Å². The Morgan fingerprint density at radius 2 is 2.00 bits per heavy atom. The minimum Gasteiger partial charge on any atom is -0.396 e. The van der Waals surface area contributed by atoms with Crippen LogP contribution in [0.25, 0.3) is 0 Å². The summed E-state index contributed by atoms with van der Waals surface area (Å²) in [6.45, 7) is 3.63. The van der Waals surface area contributed by atoms with E-state index in [1.807, 2.05) is 0 Å². The fourth-order valence-corrected chi connectivity index (χ4v) is 3.79. The maximum absolute atomic E-state index is 9.35. The zero-order valence-corrected chi connectivity index (χ0v) is 11.9. The average molecular weight is 263 g/mol. The van der Waals surface area contributed by atoms with E-state index >= 15 is 0 Å². The van der Waals surface area contributed by atoms with Crippen molar-refractivity contribution in [2.45, 2.75) is 58.4 Å². The Morgan fingerprint density at radius 1 is 1.21 bits per heavy atom. The minimum atomic E-state index is 0.377. The third-order valence-electron chi connectivity index (χ3n) is 5.04. The zero-order chi connectivity index (χ0) is 13.2. The van der Waals surface area contributed by atoms with Crippen LogP contribution in [0.3, 0.4) is 0 Å². The summed E-state index contributed by atoms with van der Waals surface area (Å²) in [7, 11) is 0. The number of hydrogen-bond acceptors (Lipinski definition) is 3. The summed E-state index contributed by atoms with van der Waals surface area (Å²) >= 11 is 0. The fourth-order valence-electron chi connectivity index (χ4n) is 3.79. The number of unbranched alkanes of at least 4 members (excludes halogenated alkanes) is 2. The molecule has 0 aromatic carbocycles. The highest BCUT2D eigenvalue weighted by Crippen LogP contribution is 2.52. The number of hydrogen-bond donors (Lipinski definition) is 1. The average Bonchev–Trinajstić information content (AvgIpc) is 2.93. The van der Waals surface area contributed by atoms with Gasteiger partial charge in [-0.2, -0.15) is 0 Å². The van der Waals surface area contributed by atoms with Gasteiger partial charge in [-0.25, -0.2) is 4.68 Å². The second-order valence-corrected chi connectivity index (χ2v) is 6.16. The van der Waals surface area contributed by atoms with E-state index in [0.717, 1.165) is 31.2 Å². The van der Waals surface area contributed by atoms with Gasteiger partial charge in [0.25, 0.3) is 0 Å². The van der Waals surface area contributed by atoms with Gasteiger partial charge in [-0.3, -0.25) is 0 Å². The molecule has 2 aliphatic carbocycles. The molecule has 3 rings (SSSR count). The van der Waals surface area contributed by atoms with E-state index in [2.05, 4.69) is 21.9 Å². The van der Waals surface area contributed by atoms with Gasteiger partial charge in [0.1, 0.15) is 0 Å². The summed E-state index contributed by atoms with van der Waals surface area (Å²) in [5.74, 6) is 2.09. The molecule has 1 N–H and O–H groups in total. The minimum absolute atomic E-state index is 0.377. The van der Waals surface area contributed by atoms with Crippen molar-refractivity contribution in [2.24, 2.45) is 17.8 Å². The summed E-state index contributed by atoms with van der Waals surface area (Å²) in [6.07, 6.45) is 8.29. The first-order valence-corrected chi connectivity index (χ1v) is 7.87. The topological polar surface area (TPSA) is 50.9 Å². The molecule has 1 aromatic heterocycles. The molecule has 1 unspecified atom stereocenters. The first kappa shape index (κ1) is 13.1. The molecule has 0 spiro atoms. The number of aliphatic hydroxyl groups is 1. The van der Waals surface area contributed by atoms with Gasteiger partial charge >= 0.3 is 0 Å². The second kappa shape index (κ2) is 5.61. The van der Waals surface area contributed by atoms with Crippen LogP contribution in [0.15, 0.2) is 0 Å². The van der Waals surface area contributed by atoms with Gasteiger partial charge in [-0.05, 0) is 49.9 Å². The lowest BCUT2D eigenvalue weighted by Gasteiger charge is -2.10. The molecular formula is C15H25N3O. The molecule has 3 atom stereocenters. The molecule has 0 radical (unpaired) electrons. The Bertz CT molecular complexity index is 429. The molecule has 1 aromatic rings. The quantitative estimate of drug-likeness (QED) is 0.829. The van der Waals surface area contributed by atoms with Crippen LogP contribution in [0.2, 0.25) is 0 Å². The highest BCUT2D eigenvalue weighted by Gasteiger charge is 2.49. The molecule has 0 bridgehead atoms. The summed E-state index contributed by atoms with van der Waals surface area (Å²) in [4.78, 5) is 0. The van der Waals surface area contributed by atoms with E-state index in [4.69, 9.17) is 0 Å². The van der Waals surface area contributed by atoms with Crippen LogP contribution >= 0.6 is 0 Å². The van der Waals surface area contributed by atoms with Crippen molar-refractivity contribution in [3.05, 3.63) is 11.4 Å². The third-order valence-corrected chi connectivity index (χ3v) is 5.04. The highest BCUT2D eigenvalue weighted by molar-refractivity contribution is 5.15. The molecule has 1 heterocycles. The van der Waals surface area contributed by atoms with Gasteiger partial charge in [0.2, 0.25) is 0 Å². The van der Waals surface area contributed by atoms with E-state index in [9.17, 15) is 5.11 Å². The van der Waals surface area contributed by atoms with Crippen LogP contribution in [-0.2, 0) is 19.4 Å². The first-order chi connectivity index (χ1) is 9.35. The number of aryl methyl sites for hydroxylation is 2. The smallest absolute Gasteiger partial charge is 0.0859 e. The van der Waals surface area contributed by atoms with Crippen molar-refractivity contribution in [3.63, 3.8) is 0 Å². The molecule has 19 heavy (non-hydrogen) atoms. The summed E-state index contributed by atoms with van der Waals surface area (Å²) in [5.41, 5.74) is 2.59. The zero-order valence-electron chi connectivity index (χ0n) is 11.9. The largest absolute Gasteiger partial charge is 0.396 e. The van der Waals surface area contributed by atoms with Gasteiger partial charge in [0.05, 0.1) is 11.4 Å². The monoisotopic (exact) mass is 263 g/mol. The van der Waals surface area contributed by atoms with Crippen LogP contribution in [0.4, 0.5) is 0 Å². The van der Waals surface area contributed by atoms with Crippen molar-refractivity contribution < 1.29 is 5.11 Å². The Kier molecular flexibility index (Phi) is 3.87. The molecule has 1 fully saturated rings. The first-order valence-electron chi connectivity index (χ1n) is 7.87. The third kappa shape index (κ3) is 2.55. The SMILES string of the molecule is CCCCCn1nnc2c1CC[C@@H]1C(CO)[C@@H]1CC2. The maximum atomic E-state index is 9.35. The van der Waals surface area contributed by atoms with Gasteiger partial charge in [0.15, 0.2) is 0 Å². The Labute approximate surface area is 115 Å². The number of fused-ring (bicyclic) bond motifs is 2. The second-order valence-electron chi connectivity index (χ2n) is 6.16. The molecule has 2 aliphatic rings. The lowest BCUT2D eigenvalue weighted by atomic mass is 10.0. The van der Waals surface area contributed by atoms with Crippen molar-refractivity contribution in [2.75, 3.05) is 6.61 Å². The Balaban J connectivity index is 1.66. The Morgan fingerprint density at radius 3 is 2.74 bits per heavy atom. The van der Waals surface area contributed by atoms with Crippen molar-refractivity contribution >= 4 is 0 Å². The molecule has 106 valence electrons. The van der Waals surface area contributed by atoms with E-state index in [1.54, 1.807) is 0 Å².